The van der Waals surface area contributed by atoms with E-state index in [9.17, 15) is 9.59 Å². The number of hydrogen-bond donors (Lipinski definition) is 3. The van der Waals surface area contributed by atoms with Gasteiger partial charge < -0.3 is 20.4 Å². The van der Waals surface area contributed by atoms with Gasteiger partial charge in [-0.2, -0.15) is 0 Å². The van der Waals surface area contributed by atoms with Crippen molar-refractivity contribution in [1.82, 2.24) is 5.32 Å². The Morgan fingerprint density at radius 2 is 2.15 bits per heavy atom. The van der Waals surface area contributed by atoms with Gasteiger partial charge in [-0.15, -0.1) is 0 Å². The zero-order valence-electron chi connectivity index (χ0n) is 15.3. The van der Waals surface area contributed by atoms with Crippen LogP contribution >= 0.6 is 11.6 Å². The van der Waals surface area contributed by atoms with Crippen molar-refractivity contribution in [3.8, 4) is 0 Å². The third-order valence-corrected chi connectivity index (χ3v) is 5.13. The summed E-state index contributed by atoms with van der Waals surface area (Å²) >= 11 is 6.05. The van der Waals surface area contributed by atoms with Gasteiger partial charge in [0.25, 0.3) is 5.91 Å². The number of piperidine rings is 1. The molecule has 6 nitrogen and oxygen atoms in total. The van der Waals surface area contributed by atoms with Crippen LogP contribution in [0.25, 0.3) is 0 Å². The minimum absolute atomic E-state index is 0.0797. The largest absolute Gasteiger partial charge is 0.459 e. The van der Waals surface area contributed by atoms with Gasteiger partial charge in [-0.05, 0) is 68.1 Å². The molecule has 144 valence electrons. The summed E-state index contributed by atoms with van der Waals surface area (Å²) in [5.41, 5.74) is 0.947. The topological polar surface area (TPSA) is 83.4 Å². The average Bonchev–Trinajstić information content (AvgIpc) is 3.19. The first kappa shape index (κ1) is 19.5. The molecule has 1 aliphatic rings. The lowest BCUT2D eigenvalue weighted by Gasteiger charge is -2.28. The molecular weight excluding hydrogens is 366 g/mol. The lowest BCUT2D eigenvalue weighted by atomic mass is 9.85. The Balaban J connectivity index is 1.65. The molecule has 2 amide bonds. The van der Waals surface area contributed by atoms with E-state index >= 15 is 0 Å². The van der Waals surface area contributed by atoms with E-state index < -0.39 is 5.91 Å². The van der Waals surface area contributed by atoms with Crippen LogP contribution < -0.4 is 16.0 Å². The van der Waals surface area contributed by atoms with Crippen LogP contribution in [0.3, 0.4) is 0 Å². The summed E-state index contributed by atoms with van der Waals surface area (Å²) in [5.74, 6) is 0.494. The van der Waals surface area contributed by atoms with E-state index in [1.54, 1.807) is 30.3 Å². The van der Waals surface area contributed by atoms with Crippen LogP contribution in [0.15, 0.2) is 41.0 Å². The number of rotatable bonds is 6. The maximum atomic E-state index is 12.5. The van der Waals surface area contributed by atoms with Crippen LogP contribution in [0, 0.1) is 11.8 Å². The third kappa shape index (κ3) is 5.34. The molecule has 7 heteroatoms. The van der Waals surface area contributed by atoms with Crippen molar-refractivity contribution < 1.29 is 14.0 Å². The molecule has 0 aliphatic carbocycles. The molecule has 2 heterocycles. The van der Waals surface area contributed by atoms with Gasteiger partial charge in [0.1, 0.15) is 0 Å². The fourth-order valence-corrected chi connectivity index (χ4v) is 3.52. The lowest BCUT2D eigenvalue weighted by Crippen LogP contribution is -2.34. The van der Waals surface area contributed by atoms with Crippen molar-refractivity contribution in [3.63, 3.8) is 0 Å². The van der Waals surface area contributed by atoms with E-state index in [4.69, 9.17) is 16.0 Å². The molecular formula is C20H24ClN3O3. The first-order chi connectivity index (χ1) is 13.0. The van der Waals surface area contributed by atoms with Gasteiger partial charge in [0.2, 0.25) is 5.91 Å². The minimum Gasteiger partial charge on any atom is -0.459 e. The molecule has 1 saturated heterocycles. The van der Waals surface area contributed by atoms with Crippen LogP contribution in [0.1, 0.15) is 36.7 Å². The summed E-state index contributed by atoms with van der Waals surface area (Å²) in [6.45, 7) is 4.12. The smallest absolute Gasteiger partial charge is 0.291 e. The molecule has 27 heavy (non-hydrogen) atoms. The molecule has 2 atom stereocenters. The van der Waals surface area contributed by atoms with Crippen LogP contribution in [-0.4, -0.2) is 24.9 Å². The molecule has 0 bridgehead atoms. The Bertz CT molecular complexity index is 786. The van der Waals surface area contributed by atoms with E-state index in [1.807, 2.05) is 0 Å². The standard InChI is InChI=1S/C20H24ClN3O3/c1-13(14-4-2-8-22-12-14)10-19(25)23-16-7-6-15(21)11-17(16)24-20(26)18-5-3-9-27-18/h3,5-7,9,11,13-14,22H,2,4,8,10,12H2,1H3,(H,23,25)(H,24,26). The molecule has 0 spiro atoms. The van der Waals surface area contributed by atoms with Crippen molar-refractivity contribution >= 4 is 34.8 Å². The first-order valence-electron chi connectivity index (χ1n) is 9.18. The van der Waals surface area contributed by atoms with Gasteiger partial charge in [0.15, 0.2) is 5.76 Å². The number of furan rings is 1. The number of benzene rings is 1. The SMILES string of the molecule is CC(CC(=O)Nc1ccc(Cl)cc1NC(=O)c1ccco1)C1CCCNC1. The summed E-state index contributed by atoms with van der Waals surface area (Å²) in [4.78, 5) is 24.8. The predicted octanol–water partition coefficient (Wildman–Crippen LogP) is 4.15. The molecule has 3 N–H and O–H groups in total. The van der Waals surface area contributed by atoms with Crippen LogP contribution in [0.2, 0.25) is 5.02 Å². The minimum atomic E-state index is -0.403. The predicted molar refractivity (Wildman–Crippen MR) is 106 cm³/mol. The van der Waals surface area contributed by atoms with Crippen LogP contribution in [0.5, 0.6) is 0 Å². The van der Waals surface area contributed by atoms with Gasteiger partial charge in [0.05, 0.1) is 17.6 Å². The zero-order chi connectivity index (χ0) is 19.2. The number of amides is 2. The number of carbonyl (C=O) groups excluding carboxylic acids is 2. The number of hydrogen-bond acceptors (Lipinski definition) is 4. The highest BCUT2D eigenvalue weighted by Gasteiger charge is 2.22. The Hall–Kier alpha value is -2.31. The third-order valence-electron chi connectivity index (χ3n) is 4.90. The molecule has 1 aromatic heterocycles. The summed E-state index contributed by atoms with van der Waals surface area (Å²) in [7, 11) is 0. The number of anilines is 2. The number of carbonyl (C=O) groups is 2. The molecule has 1 aliphatic heterocycles. The summed E-state index contributed by atoms with van der Waals surface area (Å²) in [5, 5.41) is 9.48. The Morgan fingerprint density at radius 1 is 1.30 bits per heavy atom. The Labute approximate surface area is 163 Å². The fourth-order valence-electron chi connectivity index (χ4n) is 3.35. The van der Waals surface area contributed by atoms with Gasteiger partial charge in [-0.1, -0.05) is 18.5 Å². The average molecular weight is 390 g/mol. The highest BCUT2D eigenvalue weighted by atomic mass is 35.5. The lowest BCUT2D eigenvalue weighted by molar-refractivity contribution is -0.117. The Morgan fingerprint density at radius 3 is 2.85 bits per heavy atom. The number of nitrogens with one attached hydrogen (secondary N) is 3. The second kappa shape index (κ2) is 9.06. The van der Waals surface area contributed by atoms with E-state index in [0.717, 1.165) is 25.9 Å². The van der Waals surface area contributed by atoms with Crippen LogP contribution in [-0.2, 0) is 4.79 Å². The van der Waals surface area contributed by atoms with Crippen molar-refractivity contribution in [1.29, 1.82) is 0 Å². The van der Waals surface area contributed by atoms with Crippen molar-refractivity contribution in [2.45, 2.75) is 26.2 Å². The van der Waals surface area contributed by atoms with E-state index in [0.29, 0.717) is 28.7 Å². The highest BCUT2D eigenvalue weighted by Crippen LogP contribution is 2.28. The van der Waals surface area contributed by atoms with Gasteiger partial charge in [-0.25, -0.2) is 0 Å². The van der Waals surface area contributed by atoms with Crippen LogP contribution in [0.4, 0.5) is 11.4 Å². The molecule has 2 aromatic rings. The monoisotopic (exact) mass is 389 g/mol. The molecule has 0 saturated carbocycles. The summed E-state index contributed by atoms with van der Waals surface area (Å²) in [6, 6.07) is 8.17. The molecule has 1 fully saturated rings. The maximum Gasteiger partial charge on any atom is 0.291 e. The molecule has 0 radical (unpaired) electrons. The fraction of sp³-hybridized carbons (Fsp3) is 0.400. The van der Waals surface area contributed by atoms with Crippen molar-refractivity contribution in [2.75, 3.05) is 23.7 Å². The first-order valence-corrected chi connectivity index (χ1v) is 9.55. The maximum absolute atomic E-state index is 12.5. The van der Waals surface area contributed by atoms with Gasteiger partial charge >= 0.3 is 0 Å². The van der Waals surface area contributed by atoms with E-state index in [-0.39, 0.29) is 17.6 Å². The van der Waals surface area contributed by atoms with Crippen molar-refractivity contribution in [3.05, 3.63) is 47.4 Å². The second-order valence-electron chi connectivity index (χ2n) is 6.96. The molecule has 1 aromatic carbocycles. The summed E-state index contributed by atoms with van der Waals surface area (Å²) in [6.07, 6.45) is 4.15. The zero-order valence-corrected chi connectivity index (χ0v) is 16.0. The van der Waals surface area contributed by atoms with Gasteiger partial charge in [0, 0.05) is 11.4 Å². The molecule has 3 rings (SSSR count). The number of halogens is 1. The van der Waals surface area contributed by atoms with E-state index in [1.165, 1.54) is 6.26 Å². The Kier molecular flexibility index (Phi) is 6.53. The van der Waals surface area contributed by atoms with Crippen molar-refractivity contribution in [2.24, 2.45) is 11.8 Å². The van der Waals surface area contributed by atoms with Gasteiger partial charge in [-0.3, -0.25) is 9.59 Å². The second-order valence-corrected chi connectivity index (χ2v) is 7.39. The summed E-state index contributed by atoms with van der Waals surface area (Å²) < 4.78 is 5.10. The quantitative estimate of drug-likeness (QED) is 0.693. The highest BCUT2D eigenvalue weighted by molar-refractivity contribution is 6.31. The normalized spacial score (nSPS) is 17.9. The molecule has 2 unspecified atom stereocenters. The van der Waals surface area contributed by atoms with E-state index in [2.05, 4.69) is 22.9 Å².